The molecule has 4 aliphatic heterocycles. The molecule has 0 radical (unpaired) electrons. The lowest BCUT2D eigenvalue weighted by Crippen LogP contribution is -2.59. The van der Waals surface area contributed by atoms with Crippen molar-refractivity contribution in [2.45, 2.75) is 234 Å². The second kappa shape index (κ2) is 34.3. The van der Waals surface area contributed by atoms with Crippen LogP contribution in [0.5, 0.6) is 46.0 Å². The molecule has 0 spiro atoms. The number of fused-ring (bicyclic) bond motifs is 2. The molecule has 624 valence electrons. The number of carbonyl (C=O) groups is 6. The molecule has 9 aromatic carbocycles. The summed E-state index contributed by atoms with van der Waals surface area (Å²) in [7, 11) is 2.93. The van der Waals surface area contributed by atoms with Crippen LogP contribution in [0.1, 0.15) is 244 Å². The van der Waals surface area contributed by atoms with E-state index < -0.39 is 47.5 Å². The van der Waals surface area contributed by atoms with E-state index in [1.807, 2.05) is 86.0 Å². The smallest absolute Gasteiger partial charge is 0.262 e. The van der Waals surface area contributed by atoms with E-state index in [1.54, 1.807) is 24.3 Å². The van der Waals surface area contributed by atoms with E-state index in [1.165, 1.54) is 14.2 Å². The van der Waals surface area contributed by atoms with E-state index in [4.69, 9.17) is 47.4 Å². The van der Waals surface area contributed by atoms with Crippen molar-refractivity contribution >= 4 is 78.5 Å². The van der Waals surface area contributed by atoms with Gasteiger partial charge in [-0.2, -0.15) is 0 Å². The SMILES string of the molecule is COCC(C(=O)N(CC(C)C)C1CCCC(OCC2CO2)C1)N1C(=O)c2cc(Oc3ccc(C(C)C)cc3C)c3c4c(Oc5ccc(C(C)C)cc5C)cc5c6c(cc(Oc7ccc(C(C)C)cc7C)c(c7c(Oc8ccc(C(C)C)cc8C)cc(c2c37)C1=O)c64)C(=O)N(C(COC)C(=O)N(CC(C)C)C1CCCC(OCC2CO2)C1)C5=O. The van der Waals surface area contributed by atoms with Crippen LogP contribution in [0.25, 0.3) is 43.1 Å². The van der Waals surface area contributed by atoms with Crippen LogP contribution in [-0.4, -0.2) is 171 Å². The zero-order valence-corrected chi connectivity index (χ0v) is 72.0. The van der Waals surface area contributed by atoms with Gasteiger partial charge >= 0.3 is 0 Å². The fourth-order valence-corrected chi connectivity index (χ4v) is 18.3. The minimum atomic E-state index is -1.48. The van der Waals surface area contributed by atoms with Crippen molar-refractivity contribution in [1.29, 1.82) is 0 Å². The van der Waals surface area contributed by atoms with Gasteiger partial charge in [0.1, 0.15) is 70.3 Å². The van der Waals surface area contributed by atoms with Gasteiger partial charge in [0.25, 0.3) is 23.6 Å². The van der Waals surface area contributed by atoms with Crippen LogP contribution in [0.15, 0.2) is 97.1 Å². The lowest BCUT2D eigenvalue weighted by molar-refractivity contribution is -0.143. The van der Waals surface area contributed by atoms with Gasteiger partial charge in [0, 0.05) is 82.5 Å². The highest BCUT2D eigenvalue weighted by Crippen LogP contribution is 2.59. The molecule has 20 heteroatoms. The number of epoxide rings is 2. The average Bonchev–Trinajstić information content (AvgIpc) is 0.775. The first-order valence-electron chi connectivity index (χ1n) is 42.8. The number of amides is 6. The third kappa shape index (κ3) is 16.4. The molecular weight excluding hydrogens is 1490 g/mol. The Morgan fingerprint density at radius 2 is 0.669 bits per heavy atom. The monoisotopic (exact) mass is 1600 g/mol. The molecule has 6 amide bonds. The molecule has 9 aromatic rings. The molecule has 8 atom stereocenters. The minimum Gasteiger partial charge on any atom is -0.456 e. The highest BCUT2D eigenvalue weighted by atomic mass is 16.6. The lowest BCUT2D eigenvalue weighted by atomic mass is 9.80. The first-order chi connectivity index (χ1) is 56.5. The van der Waals surface area contributed by atoms with Gasteiger partial charge in [-0.25, -0.2) is 0 Å². The largest absolute Gasteiger partial charge is 0.456 e. The maximum Gasteiger partial charge on any atom is 0.262 e. The van der Waals surface area contributed by atoms with Crippen molar-refractivity contribution in [2.75, 3.05) is 67.0 Å². The summed E-state index contributed by atoms with van der Waals surface area (Å²) in [6.45, 7) is 35.3. The summed E-state index contributed by atoms with van der Waals surface area (Å²) in [5, 5.41) is 2.38. The van der Waals surface area contributed by atoms with Gasteiger partial charge in [0.05, 0.1) is 74.1 Å². The summed E-state index contributed by atoms with van der Waals surface area (Å²) in [5.41, 5.74) is 7.44. The van der Waals surface area contributed by atoms with Crippen LogP contribution in [0.2, 0.25) is 0 Å². The summed E-state index contributed by atoms with van der Waals surface area (Å²) >= 11 is 0. The molecule has 4 fully saturated rings. The number of methoxy groups -OCH3 is 2. The number of carbonyl (C=O) groups excluding carboxylic acids is 6. The molecule has 2 saturated carbocycles. The Morgan fingerprint density at radius 1 is 0.390 bits per heavy atom. The molecule has 4 heterocycles. The molecule has 118 heavy (non-hydrogen) atoms. The van der Waals surface area contributed by atoms with Gasteiger partial charge in [-0.05, 0) is 208 Å². The number of hydrogen-bond acceptors (Lipinski definition) is 16. The van der Waals surface area contributed by atoms with Crippen molar-refractivity contribution in [2.24, 2.45) is 11.8 Å². The van der Waals surface area contributed by atoms with Crippen LogP contribution in [-0.2, 0) is 38.0 Å². The highest BCUT2D eigenvalue weighted by Gasteiger charge is 2.50. The Kier molecular flexibility index (Phi) is 24.3. The Bertz CT molecular complexity index is 4810. The fraction of sp³-hybridized carbons (Fsp3) is 0.490. The number of nitrogens with zero attached hydrogens (tertiary/aromatic N) is 4. The minimum absolute atomic E-state index is 0.0118. The molecule has 2 aliphatic carbocycles. The van der Waals surface area contributed by atoms with Gasteiger partial charge < -0.3 is 57.2 Å². The van der Waals surface area contributed by atoms with E-state index >= 15 is 28.8 Å². The van der Waals surface area contributed by atoms with E-state index in [0.717, 1.165) is 80.0 Å². The number of hydrogen-bond donors (Lipinski definition) is 0. The van der Waals surface area contributed by atoms with Crippen molar-refractivity contribution in [3.63, 3.8) is 0 Å². The molecular formula is C98H116N4O16. The Labute approximate surface area is 693 Å². The Hall–Kier alpha value is -9.54. The van der Waals surface area contributed by atoms with Gasteiger partial charge in [0.2, 0.25) is 11.8 Å². The molecule has 2 saturated heterocycles. The van der Waals surface area contributed by atoms with Crippen LogP contribution < -0.4 is 18.9 Å². The van der Waals surface area contributed by atoms with Crippen molar-refractivity contribution in [1.82, 2.24) is 19.6 Å². The maximum absolute atomic E-state index is 17.0. The summed E-state index contributed by atoms with van der Waals surface area (Å²) in [6, 6.07) is 27.1. The van der Waals surface area contributed by atoms with E-state index in [-0.39, 0.29) is 141 Å². The highest BCUT2D eigenvalue weighted by molar-refractivity contribution is 6.45. The Morgan fingerprint density at radius 3 is 0.907 bits per heavy atom. The molecule has 8 unspecified atom stereocenters. The lowest BCUT2D eigenvalue weighted by Gasteiger charge is -2.42. The van der Waals surface area contributed by atoms with E-state index in [9.17, 15) is 0 Å². The predicted octanol–water partition coefficient (Wildman–Crippen LogP) is 20.3. The van der Waals surface area contributed by atoms with Crippen LogP contribution in [0, 0.1) is 39.5 Å². The first-order valence-corrected chi connectivity index (χ1v) is 42.8. The second-order valence-electron chi connectivity index (χ2n) is 35.9. The van der Waals surface area contributed by atoms with Gasteiger partial charge in [-0.15, -0.1) is 0 Å². The number of ether oxygens (including phenoxy) is 10. The average molecular weight is 1610 g/mol. The summed E-state index contributed by atoms with van der Waals surface area (Å²) < 4.78 is 66.5. The normalized spacial score (nSPS) is 19.9. The molecule has 0 bridgehead atoms. The van der Waals surface area contributed by atoms with Gasteiger partial charge in [-0.1, -0.05) is 132 Å². The number of imide groups is 2. The van der Waals surface area contributed by atoms with Gasteiger partial charge in [0.15, 0.2) is 0 Å². The van der Waals surface area contributed by atoms with E-state index in [2.05, 4.69) is 107 Å². The number of benzene rings is 9. The van der Waals surface area contributed by atoms with Crippen molar-refractivity contribution in [3.05, 3.63) is 164 Å². The van der Waals surface area contributed by atoms with Crippen molar-refractivity contribution in [3.8, 4) is 46.0 Å². The molecule has 15 rings (SSSR count). The third-order valence-corrected chi connectivity index (χ3v) is 24.8. The zero-order valence-electron chi connectivity index (χ0n) is 72.0. The second-order valence-corrected chi connectivity index (χ2v) is 35.9. The fourth-order valence-electron chi connectivity index (χ4n) is 18.3. The first kappa shape index (κ1) is 83.5. The van der Waals surface area contributed by atoms with Crippen LogP contribution in [0.3, 0.4) is 0 Å². The summed E-state index contributed by atoms with van der Waals surface area (Å²) in [5.74, 6) is -1.22. The van der Waals surface area contributed by atoms with Gasteiger partial charge in [-0.3, -0.25) is 38.6 Å². The predicted molar refractivity (Wildman–Crippen MR) is 458 cm³/mol. The van der Waals surface area contributed by atoms with Crippen LogP contribution >= 0.6 is 0 Å². The van der Waals surface area contributed by atoms with Crippen LogP contribution in [0.4, 0.5) is 0 Å². The third-order valence-electron chi connectivity index (χ3n) is 24.8. The molecule has 6 aliphatic rings. The quantitative estimate of drug-likeness (QED) is 0.0166. The Balaban J connectivity index is 1.05. The summed E-state index contributed by atoms with van der Waals surface area (Å²) in [4.78, 5) is 106. The topological polar surface area (TPSA) is 214 Å². The standard InChI is InChI=1S/C98H116N4O16/c1-51(2)43-99(65-21-19-23-67(37-65)111-45-69-47-113-69)97(107)75(49-109-17)101-93(103)71-39-81(115-77-29-25-61(53(5)6)33-57(77)13)87-89-83(117-79-31-27-63(55(9)10)35-59(79)15)41-73-86-74(96(106)102(95(73)105)76(50-110-18)98(108)100(44-52(3)4)66-22-20-24-68(38-66)112-46-70-48-114-70)42-84(118-80-32-28-64(56(11)12)36-60(80)16)90(92(86)89)88-82(40-72(94(101)104)85(71)91(87)88)116-78-30-26-62(54(7)8)34-58(78)14/h25-36,39-42,51-56,65-70,75-76H,19-24,37-38,43-50H2,1-18H3. The van der Waals surface area contributed by atoms with E-state index in [0.29, 0.717) is 121 Å². The summed E-state index contributed by atoms with van der Waals surface area (Å²) in [6.07, 6.45) is 5.53. The maximum atomic E-state index is 17.0. The zero-order chi connectivity index (χ0) is 83.7. The molecule has 0 aromatic heterocycles. The molecule has 20 nitrogen and oxygen atoms in total. The molecule has 0 N–H and O–H groups in total. The number of aryl methyl sites for hydroxylation is 4. The number of rotatable bonds is 32. The van der Waals surface area contributed by atoms with Crippen molar-refractivity contribution < 1.29 is 76.1 Å².